The number of benzene rings is 1. The molecule has 2 aromatic rings. The lowest BCUT2D eigenvalue weighted by molar-refractivity contribution is -0.118. The van der Waals surface area contributed by atoms with Crippen LogP contribution in [0.2, 0.25) is 10.0 Å². The number of rotatable bonds is 4. The van der Waals surface area contributed by atoms with Crippen molar-refractivity contribution in [2.45, 2.75) is 25.7 Å². The number of nitrogens with one attached hydrogen (secondary N) is 1. The Kier molecular flexibility index (Phi) is 4.86. The van der Waals surface area contributed by atoms with Gasteiger partial charge in [-0.05, 0) is 43.9 Å². The number of aromatic nitrogens is 1. The Morgan fingerprint density at radius 1 is 1.32 bits per heavy atom. The van der Waals surface area contributed by atoms with Gasteiger partial charge in [-0.3, -0.25) is 10.1 Å². The van der Waals surface area contributed by atoms with E-state index in [0.29, 0.717) is 20.9 Å². The van der Waals surface area contributed by atoms with E-state index < -0.39 is 0 Å². The first-order valence-electron chi connectivity index (χ1n) is 6.98. The van der Waals surface area contributed by atoms with Crippen molar-refractivity contribution in [1.82, 2.24) is 4.98 Å². The number of thiazole rings is 1. The van der Waals surface area contributed by atoms with E-state index in [1.807, 2.05) is 0 Å². The van der Waals surface area contributed by atoms with Gasteiger partial charge in [0.1, 0.15) is 5.75 Å². The molecule has 116 valence electrons. The molecule has 22 heavy (non-hydrogen) atoms. The van der Waals surface area contributed by atoms with Crippen LogP contribution < -0.4 is 10.1 Å². The van der Waals surface area contributed by atoms with E-state index in [4.69, 9.17) is 27.9 Å². The van der Waals surface area contributed by atoms with Crippen LogP contribution in [0.4, 0.5) is 5.13 Å². The van der Waals surface area contributed by atoms with Crippen molar-refractivity contribution in [3.63, 3.8) is 0 Å². The number of anilines is 1. The minimum absolute atomic E-state index is 0.119. The summed E-state index contributed by atoms with van der Waals surface area (Å²) in [5.41, 5.74) is 1.12. The molecule has 0 spiro atoms. The van der Waals surface area contributed by atoms with E-state index in [1.54, 1.807) is 29.5 Å². The topological polar surface area (TPSA) is 51.2 Å². The highest BCUT2D eigenvalue weighted by atomic mass is 35.5. The van der Waals surface area contributed by atoms with Crippen molar-refractivity contribution in [2.24, 2.45) is 0 Å². The molecular formula is C15H14Cl2N2O2S. The second-order valence-corrected chi connectivity index (χ2v) is 6.93. The van der Waals surface area contributed by atoms with E-state index in [-0.39, 0.29) is 12.5 Å². The Morgan fingerprint density at radius 3 is 2.91 bits per heavy atom. The van der Waals surface area contributed by atoms with Gasteiger partial charge in [0.2, 0.25) is 0 Å². The number of nitrogens with zero attached hydrogens (tertiary/aromatic N) is 1. The molecule has 0 aliphatic heterocycles. The standard InChI is InChI=1S/C15H14Cl2N2O2S/c16-9-5-6-12(10(17)7-9)21-8-14(20)19-15-18-11-3-1-2-4-13(11)22-15/h5-7H,1-4,8H2,(H,18,19,20). The number of hydrogen-bond acceptors (Lipinski definition) is 4. The highest BCUT2D eigenvalue weighted by molar-refractivity contribution is 7.15. The maximum atomic E-state index is 11.9. The summed E-state index contributed by atoms with van der Waals surface area (Å²) in [5.74, 6) is 0.178. The van der Waals surface area contributed by atoms with E-state index in [2.05, 4.69) is 10.3 Å². The number of halogens is 2. The van der Waals surface area contributed by atoms with Crippen molar-refractivity contribution in [3.8, 4) is 5.75 Å². The summed E-state index contributed by atoms with van der Waals surface area (Å²) in [6.45, 7) is -0.119. The molecule has 0 fully saturated rings. The van der Waals surface area contributed by atoms with Gasteiger partial charge in [-0.15, -0.1) is 11.3 Å². The fourth-order valence-electron chi connectivity index (χ4n) is 2.30. The van der Waals surface area contributed by atoms with Crippen LogP contribution in [0.3, 0.4) is 0 Å². The number of amides is 1. The zero-order valence-corrected chi connectivity index (χ0v) is 14.0. The second kappa shape index (κ2) is 6.86. The van der Waals surface area contributed by atoms with Crippen LogP contribution in [0, 0.1) is 0 Å². The van der Waals surface area contributed by atoms with Crippen molar-refractivity contribution in [2.75, 3.05) is 11.9 Å². The molecule has 0 saturated carbocycles. The van der Waals surface area contributed by atoms with Gasteiger partial charge >= 0.3 is 0 Å². The predicted octanol–water partition coefficient (Wildman–Crippen LogP) is 4.35. The van der Waals surface area contributed by atoms with Gasteiger partial charge in [-0.2, -0.15) is 0 Å². The zero-order valence-electron chi connectivity index (χ0n) is 11.7. The fourth-order valence-corrected chi connectivity index (χ4v) is 3.83. The maximum absolute atomic E-state index is 11.9. The molecule has 4 nitrogen and oxygen atoms in total. The molecule has 1 aliphatic carbocycles. The van der Waals surface area contributed by atoms with Crippen LogP contribution in [-0.4, -0.2) is 17.5 Å². The maximum Gasteiger partial charge on any atom is 0.264 e. The van der Waals surface area contributed by atoms with Gasteiger partial charge in [0.05, 0.1) is 10.7 Å². The van der Waals surface area contributed by atoms with Gasteiger partial charge in [0.15, 0.2) is 11.7 Å². The molecule has 0 bridgehead atoms. The summed E-state index contributed by atoms with van der Waals surface area (Å²) in [7, 11) is 0. The highest BCUT2D eigenvalue weighted by Crippen LogP contribution is 2.30. The predicted molar refractivity (Wildman–Crippen MR) is 89.3 cm³/mol. The average Bonchev–Trinajstić information content (AvgIpc) is 2.88. The average molecular weight is 357 g/mol. The van der Waals surface area contributed by atoms with Crippen molar-refractivity contribution < 1.29 is 9.53 Å². The van der Waals surface area contributed by atoms with Crippen LogP contribution >= 0.6 is 34.5 Å². The van der Waals surface area contributed by atoms with Crippen LogP contribution in [-0.2, 0) is 17.6 Å². The number of fused-ring (bicyclic) bond motifs is 1. The molecule has 1 N–H and O–H groups in total. The summed E-state index contributed by atoms with van der Waals surface area (Å²) in [4.78, 5) is 17.7. The molecule has 0 saturated heterocycles. The Hall–Kier alpha value is -1.30. The minimum Gasteiger partial charge on any atom is -0.482 e. The Balaban J connectivity index is 1.57. The lowest BCUT2D eigenvalue weighted by Gasteiger charge is -2.07. The van der Waals surface area contributed by atoms with Gasteiger partial charge in [0.25, 0.3) is 5.91 Å². The molecule has 0 unspecified atom stereocenters. The van der Waals surface area contributed by atoms with E-state index in [9.17, 15) is 4.79 Å². The van der Waals surface area contributed by atoms with Gasteiger partial charge in [-0.1, -0.05) is 23.2 Å². The largest absolute Gasteiger partial charge is 0.482 e. The summed E-state index contributed by atoms with van der Waals surface area (Å²) in [6.07, 6.45) is 4.42. The summed E-state index contributed by atoms with van der Waals surface area (Å²) in [6, 6.07) is 4.88. The molecule has 1 aromatic heterocycles. The molecule has 1 heterocycles. The third-order valence-corrected chi connectivity index (χ3v) is 4.95. The van der Waals surface area contributed by atoms with Crippen LogP contribution in [0.5, 0.6) is 5.75 Å². The summed E-state index contributed by atoms with van der Waals surface area (Å²) in [5, 5.41) is 4.32. The van der Waals surface area contributed by atoms with Crippen LogP contribution in [0.25, 0.3) is 0 Å². The molecule has 1 amide bonds. The monoisotopic (exact) mass is 356 g/mol. The van der Waals surface area contributed by atoms with E-state index >= 15 is 0 Å². The van der Waals surface area contributed by atoms with Gasteiger partial charge < -0.3 is 4.74 Å². The minimum atomic E-state index is -0.253. The fraction of sp³-hybridized carbons (Fsp3) is 0.333. The molecular weight excluding hydrogens is 343 g/mol. The number of hydrogen-bond donors (Lipinski definition) is 1. The number of carbonyl (C=O) groups excluding carboxylic acids is 1. The first kappa shape index (κ1) is 15.6. The lowest BCUT2D eigenvalue weighted by atomic mass is 10.0. The quantitative estimate of drug-likeness (QED) is 0.885. The van der Waals surface area contributed by atoms with Crippen LogP contribution in [0.15, 0.2) is 18.2 Å². The molecule has 0 radical (unpaired) electrons. The third kappa shape index (κ3) is 3.72. The van der Waals surface area contributed by atoms with Gasteiger partial charge in [-0.25, -0.2) is 4.98 Å². The first-order valence-corrected chi connectivity index (χ1v) is 8.55. The molecule has 0 atom stereocenters. The Bertz CT molecular complexity index is 679. The number of carbonyl (C=O) groups is 1. The number of aryl methyl sites for hydroxylation is 2. The zero-order chi connectivity index (χ0) is 15.5. The SMILES string of the molecule is O=C(COc1ccc(Cl)cc1Cl)Nc1nc2c(s1)CCCC2. The molecule has 3 rings (SSSR count). The highest BCUT2D eigenvalue weighted by Gasteiger charge is 2.16. The molecule has 1 aromatic carbocycles. The lowest BCUT2D eigenvalue weighted by Crippen LogP contribution is -2.20. The number of ether oxygens (including phenoxy) is 1. The second-order valence-electron chi connectivity index (χ2n) is 5.01. The van der Waals surface area contributed by atoms with E-state index in [1.165, 1.54) is 17.7 Å². The van der Waals surface area contributed by atoms with Crippen molar-refractivity contribution >= 4 is 45.6 Å². The summed E-state index contributed by atoms with van der Waals surface area (Å²) >= 11 is 13.3. The smallest absolute Gasteiger partial charge is 0.264 e. The van der Waals surface area contributed by atoms with Gasteiger partial charge in [0, 0.05) is 9.90 Å². The van der Waals surface area contributed by atoms with Crippen LogP contribution in [0.1, 0.15) is 23.4 Å². The Morgan fingerprint density at radius 2 is 2.14 bits per heavy atom. The van der Waals surface area contributed by atoms with Crippen molar-refractivity contribution in [3.05, 3.63) is 38.8 Å². The molecule has 1 aliphatic rings. The normalized spacial score (nSPS) is 13.5. The molecule has 7 heteroatoms. The Labute approximate surface area is 142 Å². The first-order chi connectivity index (χ1) is 10.6. The van der Waals surface area contributed by atoms with E-state index in [0.717, 1.165) is 18.5 Å². The summed E-state index contributed by atoms with van der Waals surface area (Å²) < 4.78 is 5.40. The third-order valence-electron chi connectivity index (χ3n) is 3.34. The van der Waals surface area contributed by atoms with Crippen molar-refractivity contribution in [1.29, 1.82) is 0 Å².